The number of aliphatic hydroxyl groups excluding tert-OH is 1. The average Bonchev–Trinajstić information content (AvgIpc) is 3.37. The van der Waals surface area contributed by atoms with Gasteiger partial charge in [-0.2, -0.15) is 4.98 Å². The van der Waals surface area contributed by atoms with Crippen molar-refractivity contribution in [1.29, 1.82) is 0 Å². The zero-order valence-corrected chi connectivity index (χ0v) is 22.7. The van der Waals surface area contributed by atoms with Crippen LogP contribution in [0.5, 0.6) is 0 Å². The van der Waals surface area contributed by atoms with Crippen LogP contribution in [0.4, 0.5) is 14.9 Å². The minimum absolute atomic E-state index is 0.0239. The molecule has 1 aromatic heterocycles. The standard InChI is InChI=1S/C27H36BrFN4O3/c1-25(2,29)23-31-22(32-36-23)27-13-10-26(11-14-27,12-15-27)17-33(20-5-3-4-18(28)16-20)24(35)30-19-6-8-21(34)9-7-19/h3-5,16,19,21,34H,6-15,17H2,1-2H3,(H,30,35)/t19-,21-,26?,27?. The molecule has 4 aliphatic rings. The molecule has 7 nitrogen and oxygen atoms in total. The van der Waals surface area contributed by atoms with Crippen LogP contribution >= 0.6 is 15.9 Å². The summed E-state index contributed by atoms with van der Waals surface area (Å²) < 4.78 is 20.6. The Morgan fingerprint density at radius 3 is 2.44 bits per heavy atom. The molecule has 0 spiro atoms. The molecule has 196 valence electrons. The molecule has 4 aliphatic carbocycles. The number of anilines is 1. The van der Waals surface area contributed by atoms with E-state index in [9.17, 15) is 14.3 Å². The number of benzene rings is 1. The summed E-state index contributed by atoms with van der Waals surface area (Å²) in [6.45, 7) is 3.52. The lowest BCUT2D eigenvalue weighted by Crippen LogP contribution is -2.54. The molecule has 4 fully saturated rings. The summed E-state index contributed by atoms with van der Waals surface area (Å²) in [5, 5.41) is 17.3. The van der Waals surface area contributed by atoms with Gasteiger partial charge >= 0.3 is 6.03 Å². The van der Waals surface area contributed by atoms with Gasteiger partial charge in [-0.1, -0.05) is 27.2 Å². The van der Waals surface area contributed by atoms with Crippen molar-refractivity contribution in [3.05, 3.63) is 40.5 Å². The van der Waals surface area contributed by atoms with Crippen LogP contribution in [0.25, 0.3) is 0 Å². The Balaban J connectivity index is 1.32. The molecule has 0 radical (unpaired) electrons. The number of amides is 2. The smallest absolute Gasteiger partial charge is 0.322 e. The van der Waals surface area contributed by atoms with Crippen LogP contribution < -0.4 is 10.2 Å². The zero-order valence-electron chi connectivity index (χ0n) is 21.1. The maximum absolute atomic E-state index is 14.3. The van der Waals surface area contributed by atoms with E-state index in [2.05, 4.69) is 31.4 Å². The largest absolute Gasteiger partial charge is 0.393 e. The van der Waals surface area contributed by atoms with Crippen molar-refractivity contribution in [1.82, 2.24) is 15.5 Å². The van der Waals surface area contributed by atoms with Crippen LogP contribution in [0.2, 0.25) is 0 Å². The normalized spacial score (nSPS) is 30.2. The van der Waals surface area contributed by atoms with E-state index in [0.717, 1.165) is 74.4 Å². The molecular formula is C27H36BrFN4O3. The maximum atomic E-state index is 14.3. The molecule has 2 bridgehead atoms. The van der Waals surface area contributed by atoms with Gasteiger partial charge in [-0.15, -0.1) is 0 Å². The Morgan fingerprint density at radius 2 is 1.86 bits per heavy atom. The number of aliphatic hydroxyl groups is 1. The summed E-state index contributed by atoms with van der Waals surface area (Å²) in [5.41, 5.74) is -0.914. The molecule has 2 aromatic rings. The van der Waals surface area contributed by atoms with Gasteiger partial charge in [0.2, 0.25) is 0 Å². The van der Waals surface area contributed by atoms with Crippen LogP contribution in [0.3, 0.4) is 0 Å². The summed E-state index contributed by atoms with van der Waals surface area (Å²) in [4.78, 5) is 20.0. The van der Waals surface area contributed by atoms with Crippen molar-refractivity contribution < 1.29 is 18.8 Å². The van der Waals surface area contributed by atoms with E-state index in [1.165, 1.54) is 13.8 Å². The number of hydrogen-bond acceptors (Lipinski definition) is 5. The number of carbonyl (C=O) groups excluding carboxylic acids is 1. The lowest BCUT2D eigenvalue weighted by molar-refractivity contribution is 0.0405. The fourth-order valence-corrected chi connectivity index (χ4v) is 6.64. The number of urea groups is 1. The Morgan fingerprint density at radius 1 is 1.19 bits per heavy atom. The molecule has 9 heteroatoms. The van der Waals surface area contributed by atoms with Crippen molar-refractivity contribution in [3.8, 4) is 0 Å². The minimum atomic E-state index is -1.65. The number of fused-ring (bicyclic) bond motifs is 3. The zero-order chi connectivity index (χ0) is 25.6. The number of aromatic nitrogens is 2. The molecule has 1 aromatic carbocycles. The van der Waals surface area contributed by atoms with Crippen molar-refractivity contribution in [2.75, 3.05) is 11.4 Å². The second kappa shape index (κ2) is 9.71. The van der Waals surface area contributed by atoms with E-state index in [-0.39, 0.29) is 34.9 Å². The molecule has 0 aliphatic heterocycles. The Labute approximate surface area is 220 Å². The van der Waals surface area contributed by atoms with E-state index in [0.29, 0.717) is 12.4 Å². The van der Waals surface area contributed by atoms with Gasteiger partial charge in [0.25, 0.3) is 5.89 Å². The summed E-state index contributed by atoms with van der Waals surface area (Å²) in [5.74, 6) is 0.680. The molecule has 6 rings (SSSR count). The van der Waals surface area contributed by atoms with Gasteiger partial charge in [0.1, 0.15) is 0 Å². The van der Waals surface area contributed by atoms with Gasteiger partial charge < -0.3 is 14.9 Å². The first-order valence-corrected chi connectivity index (χ1v) is 13.9. The lowest BCUT2D eigenvalue weighted by Gasteiger charge is -2.53. The van der Waals surface area contributed by atoms with Crippen LogP contribution in [0.15, 0.2) is 33.3 Å². The monoisotopic (exact) mass is 562 g/mol. The van der Waals surface area contributed by atoms with Crippen molar-refractivity contribution >= 4 is 27.6 Å². The molecule has 2 N–H and O–H groups in total. The summed E-state index contributed by atoms with van der Waals surface area (Å²) in [6.07, 6.45) is 8.42. The first kappa shape index (κ1) is 25.6. The third kappa shape index (κ3) is 5.19. The number of hydrogen-bond donors (Lipinski definition) is 2. The molecule has 0 saturated heterocycles. The van der Waals surface area contributed by atoms with E-state index in [4.69, 9.17) is 4.52 Å². The number of alkyl halides is 1. The molecule has 0 atom stereocenters. The number of rotatable bonds is 6. The lowest BCUT2D eigenvalue weighted by atomic mass is 9.53. The van der Waals surface area contributed by atoms with Gasteiger partial charge in [0.15, 0.2) is 11.5 Å². The van der Waals surface area contributed by atoms with Crippen molar-refractivity contribution in [2.45, 2.75) is 101 Å². The predicted octanol–water partition coefficient (Wildman–Crippen LogP) is 6.15. The van der Waals surface area contributed by atoms with E-state index in [1.54, 1.807) is 0 Å². The molecule has 2 amide bonds. The third-order valence-electron chi connectivity index (χ3n) is 8.69. The average molecular weight is 564 g/mol. The molecule has 36 heavy (non-hydrogen) atoms. The summed E-state index contributed by atoms with van der Waals surface area (Å²) >= 11 is 3.56. The first-order chi connectivity index (χ1) is 17.1. The highest BCUT2D eigenvalue weighted by atomic mass is 79.9. The number of halogens is 2. The molecule has 4 saturated carbocycles. The van der Waals surface area contributed by atoms with Gasteiger partial charge in [0, 0.05) is 28.2 Å². The predicted molar refractivity (Wildman–Crippen MR) is 139 cm³/mol. The van der Waals surface area contributed by atoms with Crippen LogP contribution in [-0.2, 0) is 11.1 Å². The maximum Gasteiger partial charge on any atom is 0.322 e. The molecule has 0 unspecified atom stereocenters. The highest BCUT2D eigenvalue weighted by molar-refractivity contribution is 9.10. The van der Waals surface area contributed by atoms with Crippen LogP contribution in [-0.4, -0.2) is 40.0 Å². The molecule has 1 heterocycles. The van der Waals surface area contributed by atoms with E-state index < -0.39 is 5.67 Å². The van der Waals surface area contributed by atoms with Crippen molar-refractivity contribution in [2.24, 2.45) is 5.41 Å². The minimum Gasteiger partial charge on any atom is -0.393 e. The number of carbonyl (C=O) groups is 1. The Bertz CT molecular complexity index is 1070. The van der Waals surface area contributed by atoms with Gasteiger partial charge in [-0.05, 0) is 102 Å². The second-order valence-electron chi connectivity index (χ2n) is 11.7. The van der Waals surface area contributed by atoms with E-state index >= 15 is 0 Å². The second-order valence-corrected chi connectivity index (χ2v) is 12.6. The highest BCUT2D eigenvalue weighted by Crippen LogP contribution is 2.57. The van der Waals surface area contributed by atoms with Crippen LogP contribution in [0, 0.1) is 5.41 Å². The van der Waals surface area contributed by atoms with Crippen LogP contribution in [0.1, 0.15) is 89.8 Å². The van der Waals surface area contributed by atoms with Gasteiger partial charge in [0.05, 0.1) is 6.10 Å². The number of nitrogens with one attached hydrogen (secondary N) is 1. The summed E-state index contributed by atoms with van der Waals surface area (Å²) in [7, 11) is 0. The quantitative estimate of drug-likeness (QED) is 0.440. The Kier molecular flexibility index (Phi) is 6.91. The molecular weight excluding hydrogens is 527 g/mol. The topological polar surface area (TPSA) is 91.5 Å². The number of nitrogens with zero attached hydrogens (tertiary/aromatic N) is 3. The fraction of sp³-hybridized carbons (Fsp3) is 0.667. The van der Waals surface area contributed by atoms with Crippen molar-refractivity contribution in [3.63, 3.8) is 0 Å². The summed E-state index contributed by atoms with van der Waals surface area (Å²) in [6, 6.07) is 7.93. The van der Waals surface area contributed by atoms with Gasteiger partial charge in [-0.3, -0.25) is 4.90 Å². The van der Waals surface area contributed by atoms with Gasteiger partial charge in [-0.25, -0.2) is 9.18 Å². The first-order valence-electron chi connectivity index (χ1n) is 13.1. The Hall–Kier alpha value is -2.00. The fourth-order valence-electron chi connectivity index (χ4n) is 6.25. The SMILES string of the molecule is CC(C)(F)c1nc(C23CCC(CN(C(=O)N[C@H]4CC[C@H](O)CC4)c4cccc(Br)c4)(CC2)CC3)no1. The highest BCUT2D eigenvalue weighted by Gasteiger charge is 2.52. The third-order valence-corrected chi connectivity index (χ3v) is 9.19. The van der Waals surface area contributed by atoms with E-state index in [1.807, 2.05) is 29.2 Å².